The Morgan fingerprint density at radius 1 is 1.24 bits per heavy atom. The van der Waals surface area contributed by atoms with E-state index in [1.807, 2.05) is 6.07 Å². The van der Waals surface area contributed by atoms with Crippen molar-refractivity contribution in [2.75, 3.05) is 17.2 Å². The highest BCUT2D eigenvalue weighted by Gasteiger charge is 2.33. The van der Waals surface area contributed by atoms with E-state index in [0.717, 1.165) is 53.2 Å². The molecule has 2 aromatic carbocycles. The van der Waals surface area contributed by atoms with Crippen LogP contribution in [0.5, 0.6) is 0 Å². The highest BCUT2D eigenvalue weighted by Crippen LogP contribution is 2.38. The molecule has 38 heavy (non-hydrogen) atoms. The fourth-order valence-corrected chi connectivity index (χ4v) is 5.42. The molecule has 6 rings (SSSR count). The zero-order valence-electron chi connectivity index (χ0n) is 22.1. The van der Waals surface area contributed by atoms with E-state index in [4.69, 9.17) is 18.0 Å². The number of anilines is 2. The van der Waals surface area contributed by atoms with Crippen molar-refractivity contribution < 1.29 is 0 Å². The van der Waals surface area contributed by atoms with E-state index in [1.54, 1.807) is 6.20 Å². The van der Waals surface area contributed by atoms with Gasteiger partial charge in [0.05, 0.1) is 33.5 Å². The van der Waals surface area contributed by atoms with Crippen molar-refractivity contribution in [3.05, 3.63) is 75.7 Å². The molecule has 1 aliphatic carbocycles. The van der Waals surface area contributed by atoms with Gasteiger partial charge in [-0.2, -0.15) is 0 Å². The molecule has 1 aromatic heterocycles. The molecule has 0 bridgehead atoms. The minimum Gasteiger partial charge on any atom is -0.383 e. The summed E-state index contributed by atoms with van der Waals surface area (Å²) in [6.07, 6.45) is 12.2. The van der Waals surface area contributed by atoms with Crippen molar-refractivity contribution in [3.63, 3.8) is 0 Å². The van der Waals surface area contributed by atoms with Crippen LogP contribution in [0.3, 0.4) is 0 Å². The summed E-state index contributed by atoms with van der Waals surface area (Å²) in [6.45, 7) is 9.08. The van der Waals surface area contributed by atoms with Crippen molar-refractivity contribution in [3.8, 4) is 12.3 Å². The standard InChI is InChI=1S/C30H34ClN7/c1-5-18-14-33-28-23(27(18)34-17-30(2,3)4)11-20(12-25(28)31)35-29(26-16-38(37-36-26)21-9-10-21)22-8-6-7-19-13-32-15-24(19)22/h1,6-8,11-12,14,16,21,29,32,35-37H,9-10,13,15,17H2,2-4H3,(H,33,34)/t29-/m0/s1. The molecule has 3 aromatic rings. The fourth-order valence-electron chi connectivity index (χ4n) is 5.15. The maximum absolute atomic E-state index is 6.83. The number of benzene rings is 2. The van der Waals surface area contributed by atoms with Crippen molar-refractivity contribution >= 4 is 33.9 Å². The number of nitrogens with zero attached hydrogens (tertiary/aromatic N) is 2. The molecule has 1 atom stereocenters. The van der Waals surface area contributed by atoms with Gasteiger partial charge in [-0.3, -0.25) is 9.99 Å². The molecule has 1 saturated carbocycles. The van der Waals surface area contributed by atoms with Gasteiger partial charge in [0.2, 0.25) is 0 Å². The Labute approximate surface area is 229 Å². The van der Waals surface area contributed by atoms with Crippen LogP contribution in [0.4, 0.5) is 11.4 Å². The lowest BCUT2D eigenvalue weighted by atomic mass is 9.95. The molecular weight excluding hydrogens is 494 g/mol. The summed E-state index contributed by atoms with van der Waals surface area (Å²) >= 11 is 6.83. The van der Waals surface area contributed by atoms with Gasteiger partial charge in [-0.15, -0.1) is 12.0 Å². The molecule has 0 radical (unpaired) electrons. The fraction of sp³-hybridized carbons (Fsp3) is 0.367. The highest BCUT2D eigenvalue weighted by atomic mass is 35.5. The van der Waals surface area contributed by atoms with Crippen molar-refractivity contribution in [2.45, 2.75) is 58.8 Å². The van der Waals surface area contributed by atoms with Crippen LogP contribution in [0.25, 0.3) is 10.9 Å². The summed E-state index contributed by atoms with van der Waals surface area (Å²) in [5.41, 5.74) is 15.1. The Morgan fingerprint density at radius 2 is 2.08 bits per heavy atom. The summed E-state index contributed by atoms with van der Waals surface area (Å²) in [5, 5.41) is 14.6. The predicted octanol–water partition coefficient (Wildman–Crippen LogP) is 5.41. The molecule has 3 heterocycles. The van der Waals surface area contributed by atoms with Crippen molar-refractivity contribution in [1.82, 2.24) is 26.3 Å². The minimum atomic E-state index is -0.107. The first kappa shape index (κ1) is 24.9. The van der Waals surface area contributed by atoms with Gasteiger partial charge < -0.3 is 21.4 Å². The predicted molar refractivity (Wildman–Crippen MR) is 155 cm³/mol. The van der Waals surface area contributed by atoms with Crippen LogP contribution in [-0.4, -0.2) is 22.6 Å². The number of hydrogen-bond donors (Lipinski definition) is 5. The highest BCUT2D eigenvalue weighted by molar-refractivity contribution is 6.35. The Balaban J connectivity index is 1.43. The van der Waals surface area contributed by atoms with Gasteiger partial charge in [0.25, 0.3) is 0 Å². The lowest BCUT2D eigenvalue weighted by Gasteiger charge is -2.25. The molecule has 0 spiro atoms. The van der Waals surface area contributed by atoms with Gasteiger partial charge in [0.15, 0.2) is 0 Å². The molecule has 5 N–H and O–H groups in total. The molecule has 2 aliphatic heterocycles. The van der Waals surface area contributed by atoms with Gasteiger partial charge in [-0.1, -0.05) is 56.5 Å². The smallest absolute Gasteiger partial charge is 0.0947 e. The number of nitrogens with one attached hydrogen (secondary N) is 5. The molecule has 0 amide bonds. The SMILES string of the molecule is C#Cc1cnc2c(Cl)cc(N[C@H](C3=CN(C4CC4)NN3)c3cccc4c3CNC4)cc2c1NCC(C)(C)C. The van der Waals surface area contributed by atoms with Crippen LogP contribution in [0, 0.1) is 17.8 Å². The topological polar surface area (TPSA) is 76.3 Å². The normalized spacial score (nSPS) is 17.6. The van der Waals surface area contributed by atoms with Gasteiger partial charge in [0, 0.05) is 49.1 Å². The first-order valence-electron chi connectivity index (χ1n) is 13.2. The number of hydrogen-bond acceptors (Lipinski definition) is 7. The molecule has 8 heteroatoms. The lowest BCUT2D eigenvalue weighted by molar-refractivity contribution is 0.260. The molecule has 7 nitrogen and oxygen atoms in total. The summed E-state index contributed by atoms with van der Waals surface area (Å²) in [7, 11) is 0. The largest absolute Gasteiger partial charge is 0.383 e. The van der Waals surface area contributed by atoms with E-state index < -0.39 is 0 Å². The summed E-state index contributed by atoms with van der Waals surface area (Å²) in [4.78, 5) is 4.61. The van der Waals surface area contributed by atoms with Crippen LogP contribution in [0.1, 0.15) is 61.9 Å². The third-order valence-corrected chi connectivity index (χ3v) is 7.57. The summed E-state index contributed by atoms with van der Waals surface area (Å²) in [5.74, 6) is 2.80. The molecule has 1 fully saturated rings. The van der Waals surface area contributed by atoms with Crippen molar-refractivity contribution in [1.29, 1.82) is 0 Å². The lowest BCUT2D eigenvalue weighted by Crippen LogP contribution is -2.38. The maximum atomic E-state index is 6.83. The van der Waals surface area contributed by atoms with Gasteiger partial charge in [-0.25, -0.2) is 0 Å². The zero-order chi connectivity index (χ0) is 26.4. The summed E-state index contributed by atoms with van der Waals surface area (Å²) < 4.78 is 0. The molecule has 196 valence electrons. The van der Waals surface area contributed by atoms with E-state index in [2.05, 4.69) is 94.1 Å². The van der Waals surface area contributed by atoms with Gasteiger partial charge in [-0.05, 0) is 47.1 Å². The Morgan fingerprint density at radius 3 is 2.84 bits per heavy atom. The maximum Gasteiger partial charge on any atom is 0.0947 e. The quantitative estimate of drug-likeness (QED) is 0.263. The zero-order valence-corrected chi connectivity index (χ0v) is 22.8. The van der Waals surface area contributed by atoms with Crippen molar-refractivity contribution in [2.24, 2.45) is 5.41 Å². The second-order valence-electron chi connectivity index (χ2n) is 11.6. The Hall–Kier alpha value is -3.44. The Bertz CT molecular complexity index is 1460. The molecule has 0 unspecified atom stereocenters. The van der Waals surface area contributed by atoms with Gasteiger partial charge in [0.1, 0.15) is 0 Å². The van der Waals surface area contributed by atoms with E-state index in [1.165, 1.54) is 29.5 Å². The van der Waals surface area contributed by atoms with E-state index >= 15 is 0 Å². The van der Waals surface area contributed by atoms with Gasteiger partial charge >= 0.3 is 0 Å². The number of terminal acetylenes is 1. The average Bonchev–Trinajstić information content (AvgIpc) is 3.41. The van der Waals surface area contributed by atoms with Crippen LogP contribution in [0.2, 0.25) is 5.02 Å². The molecule has 3 aliphatic rings. The number of halogens is 1. The first-order chi connectivity index (χ1) is 18.3. The average molecular weight is 528 g/mol. The molecular formula is C30H34ClN7. The number of aromatic nitrogens is 1. The van der Waals surface area contributed by atoms with Crippen LogP contribution in [0.15, 0.2) is 48.4 Å². The Kier molecular flexibility index (Phi) is 6.35. The van der Waals surface area contributed by atoms with E-state index in [-0.39, 0.29) is 11.5 Å². The number of fused-ring (bicyclic) bond motifs is 2. The monoisotopic (exact) mass is 527 g/mol. The number of hydrazine groups is 2. The first-order valence-corrected chi connectivity index (χ1v) is 13.6. The molecule has 0 saturated heterocycles. The third-order valence-electron chi connectivity index (χ3n) is 7.28. The third kappa shape index (κ3) is 4.88. The number of pyridine rings is 1. The van der Waals surface area contributed by atoms with E-state index in [0.29, 0.717) is 11.1 Å². The van der Waals surface area contributed by atoms with Crippen LogP contribution < -0.4 is 26.9 Å². The van der Waals surface area contributed by atoms with E-state index in [9.17, 15) is 0 Å². The minimum absolute atomic E-state index is 0.0784. The second kappa shape index (κ2) is 9.70. The number of rotatable bonds is 7. The summed E-state index contributed by atoms with van der Waals surface area (Å²) in [6, 6.07) is 11.1. The van der Waals surface area contributed by atoms with Crippen LogP contribution >= 0.6 is 11.6 Å². The second-order valence-corrected chi connectivity index (χ2v) is 12.0. The van der Waals surface area contributed by atoms with Crippen LogP contribution in [-0.2, 0) is 13.1 Å².